The lowest BCUT2D eigenvalue weighted by Crippen LogP contribution is -2.05. The highest BCUT2D eigenvalue weighted by Gasteiger charge is 2.04. The molecule has 0 atom stereocenters. The van der Waals surface area contributed by atoms with Crippen molar-refractivity contribution in [1.82, 2.24) is 25.2 Å². The first-order chi connectivity index (χ1) is 6.90. The molecule has 0 fully saturated rings. The lowest BCUT2D eigenvalue weighted by molar-refractivity contribution is 0.259. The maximum absolute atomic E-state index is 8.66. The van der Waals surface area contributed by atoms with Crippen LogP contribution >= 0.6 is 0 Å². The molecule has 0 amide bonds. The first-order valence-corrected chi connectivity index (χ1v) is 4.19. The number of nitrogens with zero attached hydrogens (tertiary/aromatic N) is 5. The molecule has 0 spiro atoms. The average molecular weight is 191 g/mol. The fraction of sp³-hybridized carbons (Fsp3) is 0.250. The van der Waals surface area contributed by atoms with E-state index in [1.165, 1.54) is 4.80 Å². The van der Waals surface area contributed by atoms with Crippen LogP contribution in [-0.4, -0.2) is 36.9 Å². The van der Waals surface area contributed by atoms with Crippen LogP contribution < -0.4 is 0 Å². The lowest BCUT2D eigenvalue weighted by atomic mass is 10.3. The van der Waals surface area contributed by atoms with Gasteiger partial charge in [-0.2, -0.15) is 4.80 Å². The predicted octanol–water partition coefficient (Wildman–Crippen LogP) is -0.273. The smallest absolute Gasteiger partial charge is 0.206 e. The summed E-state index contributed by atoms with van der Waals surface area (Å²) in [6.45, 7) is 0.357. The van der Waals surface area contributed by atoms with Gasteiger partial charge >= 0.3 is 0 Å². The van der Waals surface area contributed by atoms with E-state index in [0.717, 1.165) is 5.56 Å². The molecule has 6 heteroatoms. The third-order valence-corrected chi connectivity index (χ3v) is 1.67. The molecule has 0 aliphatic heterocycles. The molecule has 2 heterocycles. The third kappa shape index (κ3) is 1.74. The van der Waals surface area contributed by atoms with Crippen molar-refractivity contribution in [3.8, 4) is 11.4 Å². The summed E-state index contributed by atoms with van der Waals surface area (Å²) >= 11 is 0. The van der Waals surface area contributed by atoms with E-state index in [1.54, 1.807) is 12.4 Å². The van der Waals surface area contributed by atoms with Gasteiger partial charge in [-0.05, 0) is 17.3 Å². The fourth-order valence-electron chi connectivity index (χ4n) is 1.04. The second-order valence-corrected chi connectivity index (χ2v) is 2.67. The minimum absolute atomic E-state index is 0.00282. The van der Waals surface area contributed by atoms with Crippen LogP contribution in [0, 0.1) is 0 Å². The number of hydrogen-bond donors (Lipinski definition) is 1. The zero-order valence-electron chi connectivity index (χ0n) is 7.41. The SMILES string of the molecule is OCCn1nnc(-c2cccnc2)n1. The minimum atomic E-state index is 0.00282. The third-order valence-electron chi connectivity index (χ3n) is 1.67. The summed E-state index contributed by atoms with van der Waals surface area (Å²) in [7, 11) is 0. The van der Waals surface area contributed by atoms with E-state index in [9.17, 15) is 0 Å². The number of aliphatic hydroxyl groups is 1. The minimum Gasteiger partial charge on any atom is -0.394 e. The highest BCUT2D eigenvalue weighted by molar-refractivity contribution is 5.51. The number of aliphatic hydroxyl groups excluding tert-OH is 1. The van der Waals surface area contributed by atoms with Crippen LogP contribution in [-0.2, 0) is 6.54 Å². The molecule has 0 bridgehead atoms. The summed E-state index contributed by atoms with van der Waals surface area (Å²) in [4.78, 5) is 5.30. The van der Waals surface area contributed by atoms with Crippen molar-refractivity contribution in [2.24, 2.45) is 0 Å². The van der Waals surface area contributed by atoms with E-state index in [1.807, 2.05) is 12.1 Å². The maximum atomic E-state index is 8.66. The molecule has 0 aliphatic rings. The average Bonchev–Trinajstić information content (AvgIpc) is 2.68. The van der Waals surface area contributed by atoms with Crippen molar-refractivity contribution < 1.29 is 5.11 Å². The van der Waals surface area contributed by atoms with Crippen LogP contribution in [0.2, 0.25) is 0 Å². The van der Waals surface area contributed by atoms with E-state index in [4.69, 9.17) is 5.11 Å². The monoisotopic (exact) mass is 191 g/mol. The van der Waals surface area contributed by atoms with Gasteiger partial charge in [-0.1, -0.05) is 0 Å². The molecular formula is C8H9N5O. The summed E-state index contributed by atoms with van der Waals surface area (Å²) in [6, 6.07) is 3.66. The van der Waals surface area contributed by atoms with Crippen molar-refractivity contribution in [3.63, 3.8) is 0 Å². The molecule has 0 saturated heterocycles. The normalized spacial score (nSPS) is 10.4. The fourth-order valence-corrected chi connectivity index (χ4v) is 1.04. The molecule has 2 aromatic rings. The summed E-state index contributed by atoms with van der Waals surface area (Å²) < 4.78 is 0. The van der Waals surface area contributed by atoms with Gasteiger partial charge in [0.25, 0.3) is 0 Å². The van der Waals surface area contributed by atoms with Crippen LogP contribution in [0.4, 0.5) is 0 Å². The Morgan fingerprint density at radius 1 is 1.43 bits per heavy atom. The molecule has 1 N–H and O–H groups in total. The van der Waals surface area contributed by atoms with E-state index in [2.05, 4.69) is 20.4 Å². The Labute approximate surface area is 80.2 Å². The van der Waals surface area contributed by atoms with Crippen molar-refractivity contribution in [3.05, 3.63) is 24.5 Å². The zero-order valence-corrected chi connectivity index (χ0v) is 7.41. The van der Waals surface area contributed by atoms with Crippen LogP contribution in [0.3, 0.4) is 0 Å². The number of tetrazole rings is 1. The molecule has 14 heavy (non-hydrogen) atoms. The number of pyridine rings is 1. The Hall–Kier alpha value is -1.82. The summed E-state index contributed by atoms with van der Waals surface area (Å²) in [5, 5.41) is 20.3. The Balaban J connectivity index is 2.25. The van der Waals surface area contributed by atoms with Gasteiger partial charge in [0.15, 0.2) is 0 Å². The van der Waals surface area contributed by atoms with Gasteiger partial charge in [0.1, 0.15) is 0 Å². The van der Waals surface area contributed by atoms with Crippen molar-refractivity contribution in [1.29, 1.82) is 0 Å². The largest absolute Gasteiger partial charge is 0.394 e. The van der Waals surface area contributed by atoms with Gasteiger partial charge in [0, 0.05) is 18.0 Å². The highest BCUT2D eigenvalue weighted by atomic mass is 16.3. The van der Waals surface area contributed by atoms with E-state index in [0.29, 0.717) is 12.4 Å². The van der Waals surface area contributed by atoms with Crippen LogP contribution in [0.5, 0.6) is 0 Å². The maximum Gasteiger partial charge on any atom is 0.206 e. The molecule has 6 nitrogen and oxygen atoms in total. The lowest BCUT2D eigenvalue weighted by Gasteiger charge is -1.92. The number of rotatable bonds is 3. The Bertz CT molecular complexity index is 399. The van der Waals surface area contributed by atoms with Crippen LogP contribution in [0.15, 0.2) is 24.5 Å². The van der Waals surface area contributed by atoms with Gasteiger partial charge in [0.05, 0.1) is 13.2 Å². The quantitative estimate of drug-likeness (QED) is 0.722. The van der Waals surface area contributed by atoms with Crippen molar-refractivity contribution in [2.75, 3.05) is 6.61 Å². The second kappa shape index (κ2) is 3.93. The van der Waals surface area contributed by atoms with Crippen LogP contribution in [0.25, 0.3) is 11.4 Å². The van der Waals surface area contributed by atoms with E-state index < -0.39 is 0 Å². The topological polar surface area (TPSA) is 76.7 Å². The molecule has 0 saturated carbocycles. The van der Waals surface area contributed by atoms with Gasteiger partial charge in [-0.3, -0.25) is 4.98 Å². The number of hydrogen-bond acceptors (Lipinski definition) is 5. The summed E-state index contributed by atoms with van der Waals surface area (Å²) in [5.41, 5.74) is 0.816. The van der Waals surface area contributed by atoms with Crippen molar-refractivity contribution >= 4 is 0 Å². The Morgan fingerprint density at radius 2 is 2.36 bits per heavy atom. The molecular weight excluding hydrogens is 182 g/mol. The molecule has 72 valence electrons. The van der Waals surface area contributed by atoms with Gasteiger partial charge in [-0.25, -0.2) is 0 Å². The first kappa shape index (κ1) is 8.76. The molecule has 0 radical (unpaired) electrons. The molecule has 0 unspecified atom stereocenters. The Morgan fingerprint density at radius 3 is 3.07 bits per heavy atom. The zero-order chi connectivity index (χ0) is 9.80. The highest BCUT2D eigenvalue weighted by Crippen LogP contribution is 2.09. The molecule has 2 aromatic heterocycles. The van der Waals surface area contributed by atoms with Crippen molar-refractivity contribution in [2.45, 2.75) is 6.54 Å². The van der Waals surface area contributed by atoms with E-state index in [-0.39, 0.29) is 6.61 Å². The van der Waals surface area contributed by atoms with Gasteiger partial charge < -0.3 is 5.11 Å². The van der Waals surface area contributed by atoms with Gasteiger partial charge in [0.2, 0.25) is 5.82 Å². The van der Waals surface area contributed by atoms with Crippen LogP contribution in [0.1, 0.15) is 0 Å². The predicted molar refractivity (Wildman–Crippen MR) is 48.1 cm³/mol. The molecule has 2 rings (SSSR count). The summed E-state index contributed by atoms with van der Waals surface area (Å²) in [6.07, 6.45) is 3.35. The standard InChI is InChI=1S/C8H9N5O/c14-5-4-13-11-8(10-12-13)7-2-1-3-9-6-7/h1-3,6,14H,4-5H2. The second-order valence-electron chi connectivity index (χ2n) is 2.67. The summed E-state index contributed by atoms with van der Waals surface area (Å²) in [5.74, 6) is 0.520. The van der Waals surface area contributed by atoms with E-state index >= 15 is 0 Å². The molecule has 0 aliphatic carbocycles. The van der Waals surface area contributed by atoms with Gasteiger partial charge in [-0.15, -0.1) is 10.2 Å². The first-order valence-electron chi connectivity index (χ1n) is 4.19. The molecule has 0 aromatic carbocycles. The number of aromatic nitrogens is 5. The Kier molecular flexibility index (Phi) is 2.46.